The monoisotopic (exact) mass is 404 g/mol. The maximum absolute atomic E-state index is 14.2. The number of halogens is 2. The van der Waals surface area contributed by atoms with Crippen molar-refractivity contribution in [1.82, 2.24) is 14.9 Å². The number of aromatic nitrogens is 2. The molecule has 2 heterocycles. The number of benzene rings is 1. The second-order valence-electron chi connectivity index (χ2n) is 6.30. The summed E-state index contributed by atoms with van der Waals surface area (Å²) in [5, 5.41) is 2.55. The number of alkyl halides is 1. The fourth-order valence-corrected chi connectivity index (χ4v) is 3.68. The lowest BCUT2D eigenvalue weighted by atomic mass is 9.86. The highest BCUT2D eigenvalue weighted by atomic mass is 79.9. The largest absolute Gasteiger partial charge is 0.328 e. The van der Waals surface area contributed by atoms with E-state index in [1.165, 1.54) is 17.3 Å². The molecule has 0 unspecified atom stereocenters. The number of nitrogens with one attached hydrogen (secondary N) is 1. The fourth-order valence-electron chi connectivity index (χ4n) is 3.31. The zero-order valence-electron chi connectivity index (χ0n) is 13.1. The molecule has 2 amide bonds. The summed E-state index contributed by atoms with van der Waals surface area (Å²) in [6, 6.07) is 6.87. The first kappa shape index (κ1) is 16.1. The Balaban J connectivity index is 1.57. The van der Waals surface area contributed by atoms with E-state index < -0.39 is 17.5 Å². The van der Waals surface area contributed by atoms with Crippen molar-refractivity contribution in [2.45, 2.75) is 18.0 Å². The van der Waals surface area contributed by atoms with E-state index in [1.807, 2.05) is 6.07 Å². The van der Waals surface area contributed by atoms with Gasteiger partial charge in [0.2, 0.25) is 11.9 Å². The molecule has 0 saturated heterocycles. The van der Waals surface area contributed by atoms with Gasteiger partial charge in [-0.3, -0.25) is 14.9 Å². The number of fused-ring (bicyclic) bond motifs is 2. The number of rotatable bonds is 3. The zero-order valence-corrected chi connectivity index (χ0v) is 14.7. The van der Waals surface area contributed by atoms with Crippen LogP contribution in [0.2, 0.25) is 0 Å². The number of carbonyl (C=O) groups is 2. The van der Waals surface area contributed by atoms with Crippen molar-refractivity contribution in [1.29, 1.82) is 0 Å². The third-order valence-corrected chi connectivity index (χ3v) is 5.14. The highest BCUT2D eigenvalue weighted by Crippen LogP contribution is 2.54. The Hall–Kier alpha value is -2.35. The van der Waals surface area contributed by atoms with Crippen LogP contribution >= 0.6 is 15.9 Å². The van der Waals surface area contributed by atoms with E-state index in [0.29, 0.717) is 12.0 Å². The number of nitrogens with zero attached hydrogens (tertiary/aromatic N) is 3. The van der Waals surface area contributed by atoms with Crippen LogP contribution in [0.3, 0.4) is 0 Å². The van der Waals surface area contributed by atoms with Crippen LogP contribution in [-0.2, 0) is 10.2 Å². The predicted molar refractivity (Wildman–Crippen MR) is 91.9 cm³/mol. The van der Waals surface area contributed by atoms with Crippen molar-refractivity contribution in [3.05, 3.63) is 52.3 Å². The van der Waals surface area contributed by atoms with Gasteiger partial charge < -0.3 is 4.90 Å². The molecule has 2 aliphatic rings. The Labute approximate surface area is 151 Å². The average Bonchev–Trinajstić information content (AvgIpc) is 3.23. The molecular weight excluding hydrogens is 391 g/mol. The molecule has 6 nitrogen and oxygen atoms in total. The molecule has 0 bridgehead atoms. The van der Waals surface area contributed by atoms with Gasteiger partial charge in [0, 0.05) is 34.4 Å². The minimum atomic E-state index is -1.00. The SMILES string of the molecule is O=C(CN1C[C@@]2(C[C@H]2F)c2cc(Br)ccc2C1=O)Nc1ncccn1. The molecule has 1 spiro atoms. The van der Waals surface area contributed by atoms with Gasteiger partial charge in [0.25, 0.3) is 5.91 Å². The molecule has 1 fully saturated rings. The Morgan fingerprint density at radius 3 is 2.80 bits per heavy atom. The molecule has 1 aromatic carbocycles. The zero-order chi connectivity index (χ0) is 17.6. The summed E-state index contributed by atoms with van der Waals surface area (Å²) < 4.78 is 15.0. The highest BCUT2D eigenvalue weighted by Gasteiger charge is 2.61. The normalized spacial score (nSPS) is 24.2. The molecular formula is C17H14BrFN4O2. The lowest BCUT2D eigenvalue weighted by Gasteiger charge is -2.34. The molecule has 2 atom stereocenters. The molecule has 2 aromatic rings. The molecule has 1 aliphatic carbocycles. The molecule has 128 valence electrons. The van der Waals surface area contributed by atoms with Gasteiger partial charge in [-0.25, -0.2) is 14.4 Å². The Kier molecular flexibility index (Phi) is 3.79. The first-order valence-corrected chi connectivity index (χ1v) is 8.59. The van der Waals surface area contributed by atoms with Gasteiger partial charge in [0.1, 0.15) is 12.7 Å². The number of amides is 2. The number of carbonyl (C=O) groups excluding carboxylic acids is 2. The van der Waals surface area contributed by atoms with Gasteiger partial charge in [-0.1, -0.05) is 15.9 Å². The average molecular weight is 405 g/mol. The number of hydrogen-bond donors (Lipinski definition) is 1. The van der Waals surface area contributed by atoms with E-state index in [9.17, 15) is 14.0 Å². The third-order valence-electron chi connectivity index (χ3n) is 4.64. The number of anilines is 1. The van der Waals surface area contributed by atoms with E-state index in [2.05, 4.69) is 31.2 Å². The summed E-state index contributed by atoms with van der Waals surface area (Å²) in [4.78, 5) is 34.2. The second-order valence-corrected chi connectivity index (χ2v) is 7.22. The first-order chi connectivity index (χ1) is 12.0. The molecule has 4 rings (SSSR count). The summed E-state index contributed by atoms with van der Waals surface area (Å²) >= 11 is 3.38. The quantitative estimate of drug-likeness (QED) is 0.851. The van der Waals surface area contributed by atoms with Crippen LogP contribution in [0.1, 0.15) is 22.3 Å². The third kappa shape index (κ3) is 2.80. The van der Waals surface area contributed by atoms with Crippen molar-refractivity contribution in [3.63, 3.8) is 0 Å². The van der Waals surface area contributed by atoms with Crippen molar-refractivity contribution < 1.29 is 14.0 Å². The van der Waals surface area contributed by atoms with Crippen molar-refractivity contribution >= 4 is 33.7 Å². The van der Waals surface area contributed by atoms with Gasteiger partial charge in [-0.15, -0.1) is 0 Å². The molecule has 25 heavy (non-hydrogen) atoms. The van der Waals surface area contributed by atoms with Gasteiger partial charge in [-0.05, 0) is 36.2 Å². The Bertz CT molecular complexity index is 863. The maximum atomic E-state index is 14.2. The minimum absolute atomic E-state index is 0.166. The van der Waals surface area contributed by atoms with Crippen molar-refractivity contribution in [2.24, 2.45) is 0 Å². The van der Waals surface area contributed by atoms with E-state index in [-0.39, 0.29) is 24.9 Å². The van der Waals surface area contributed by atoms with Crippen LogP contribution in [0.15, 0.2) is 41.1 Å². The van der Waals surface area contributed by atoms with E-state index >= 15 is 0 Å². The standard InChI is InChI=1S/C17H14BrFN4O2/c18-10-2-3-11-12(6-10)17(7-13(17)19)9-23(15(11)25)8-14(24)22-16-20-4-1-5-21-16/h1-6,13H,7-9H2,(H,20,21,22,24)/t13-,17+/m1/s1. The molecule has 8 heteroatoms. The Morgan fingerprint density at radius 2 is 2.12 bits per heavy atom. The summed E-state index contributed by atoms with van der Waals surface area (Å²) in [6.07, 6.45) is 2.38. The number of hydrogen-bond acceptors (Lipinski definition) is 4. The molecule has 1 saturated carbocycles. The van der Waals surface area contributed by atoms with Crippen LogP contribution in [-0.4, -0.2) is 45.9 Å². The Morgan fingerprint density at radius 1 is 1.40 bits per heavy atom. The van der Waals surface area contributed by atoms with Crippen LogP contribution in [0.5, 0.6) is 0 Å². The summed E-state index contributed by atoms with van der Waals surface area (Å²) in [5.74, 6) is -0.506. The summed E-state index contributed by atoms with van der Waals surface area (Å²) in [7, 11) is 0. The highest BCUT2D eigenvalue weighted by molar-refractivity contribution is 9.10. The van der Waals surface area contributed by atoms with Crippen LogP contribution in [0.25, 0.3) is 0 Å². The van der Waals surface area contributed by atoms with Gasteiger partial charge in [0.05, 0.1) is 0 Å². The van der Waals surface area contributed by atoms with Crippen LogP contribution in [0, 0.1) is 0 Å². The topological polar surface area (TPSA) is 75.2 Å². The van der Waals surface area contributed by atoms with Crippen LogP contribution < -0.4 is 5.32 Å². The summed E-state index contributed by atoms with van der Waals surface area (Å²) in [6.45, 7) is 0.0284. The summed E-state index contributed by atoms with van der Waals surface area (Å²) in [5.41, 5.74) is 0.483. The lowest BCUT2D eigenvalue weighted by molar-refractivity contribution is -0.117. The van der Waals surface area contributed by atoms with E-state index in [4.69, 9.17) is 0 Å². The lowest BCUT2D eigenvalue weighted by Crippen LogP contribution is -2.47. The van der Waals surface area contributed by atoms with Crippen molar-refractivity contribution in [3.8, 4) is 0 Å². The molecule has 1 aliphatic heterocycles. The van der Waals surface area contributed by atoms with Gasteiger partial charge >= 0.3 is 0 Å². The van der Waals surface area contributed by atoms with Gasteiger partial charge in [-0.2, -0.15) is 0 Å². The van der Waals surface area contributed by atoms with Gasteiger partial charge in [0.15, 0.2) is 0 Å². The first-order valence-electron chi connectivity index (χ1n) is 7.80. The minimum Gasteiger partial charge on any atom is -0.328 e. The second kappa shape index (κ2) is 5.87. The molecule has 0 radical (unpaired) electrons. The van der Waals surface area contributed by atoms with Crippen LogP contribution in [0.4, 0.5) is 10.3 Å². The van der Waals surface area contributed by atoms with Crippen molar-refractivity contribution in [2.75, 3.05) is 18.4 Å². The fraction of sp³-hybridized carbons (Fsp3) is 0.294. The van der Waals surface area contributed by atoms with E-state index in [0.717, 1.165) is 10.0 Å². The smallest absolute Gasteiger partial charge is 0.254 e. The molecule has 1 N–H and O–H groups in total. The van der Waals surface area contributed by atoms with E-state index in [1.54, 1.807) is 18.2 Å². The maximum Gasteiger partial charge on any atom is 0.254 e. The predicted octanol–water partition coefficient (Wildman–Crippen LogP) is 2.31. The molecule has 1 aromatic heterocycles.